The van der Waals surface area contributed by atoms with Crippen molar-refractivity contribution in [2.24, 2.45) is 0 Å². The van der Waals surface area contributed by atoms with E-state index in [1.165, 1.54) is 12.1 Å². The number of rotatable bonds is 4. The highest BCUT2D eigenvalue weighted by atomic mass is 35.5. The normalized spacial score (nSPS) is 11.4. The fourth-order valence-corrected chi connectivity index (χ4v) is 2.68. The van der Waals surface area contributed by atoms with Crippen molar-refractivity contribution in [2.45, 2.75) is 10.8 Å². The summed E-state index contributed by atoms with van der Waals surface area (Å²) in [5, 5.41) is 9.22. The smallest absolute Gasteiger partial charge is 0.331 e. The van der Waals surface area contributed by atoms with Gasteiger partial charge in [-0.2, -0.15) is 0 Å². The van der Waals surface area contributed by atoms with Crippen LogP contribution in [0.4, 0.5) is 0 Å². The zero-order valence-electron chi connectivity index (χ0n) is 8.81. The predicted molar refractivity (Wildman–Crippen MR) is 76.2 cm³/mol. The van der Waals surface area contributed by atoms with Crippen LogP contribution in [-0.2, 0) is 9.13 Å². The Morgan fingerprint density at radius 2 is 1.78 bits per heavy atom. The zero-order chi connectivity index (χ0) is 14.1. The Balaban J connectivity index is 3.17. The zero-order valence-corrected chi connectivity index (χ0v) is 12.6. The van der Waals surface area contributed by atoms with Crippen LogP contribution >= 0.6 is 58.0 Å². The van der Waals surface area contributed by atoms with E-state index in [4.69, 9.17) is 63.1 Å². The monoisotopic (exact) mass is 346 g/mol. The van der Waals surface area contributed by atoms with Crippen LogP contribution in [-0.4, -0.2) is 11.1 Å². The van der Waals surface area contributed by atoms with Crippen LogP contribution < -0.4 is 0 Å². The summed E-state index contributed by atoms with van der Waals surface area (Å²) in [6.45, 7) is 3.36. The highest BCUT2D eigenvalue weighted by molar-refractivity contribution is 6.52. The molecule has 1 N–H and O–H groups in total. The van der Waals surface area contributed by atoms with Crippen LogP contribution in [0.15, 0.2) is 24.3 Å². The molecule has 0 heterocycles. The van der Waals surface area contributed by atoms with Crippen LogP contribution in [0.1, 0.15) is 12.0 Å². The molecule has 1 aromatic rings. The second-order valence-corrected chi connectivity index (χ2v) is 6.16. The van der Waals surface area contributed by atoms with Crippen molar-refractivity contribution >= 4 is 64.0 Å². The Bertz CT molecular complexity index is 510. The SMILES string of the molecule is C=C(CC(Cl)(Cl)c1ccc(Cl)c(Cl)c1Cl)C(=O)O. The lowest BCUT2D eigenvalue weighted by molar-refractivity contribution is -0.132. The molecule has 0 saturated carbocycles. The Labute approximate surface area is 129 Å². The lowest BCUT2D eigenvalue weighted by Crippen LogP contribution is -2.15. The molecule has 0 amide bonds. The van der Waals surface area contributed by atoms with Gasteiger partial charge in [-0.05, 0) is 6.07 Å². The van der Waals surface area contributed by atoms with Gasteiger partial charge in [-0.25, -0.2) is 4.79 Å². The molecule has 0 atom stereocenters. The molecule has 98 valence electrons. The van der Waals surface area contributed by atoms with Crippen LogP contribution in [0.3, 0.4) is 0 Å². The van der Waals surface area contributed by atoms with E-state index in [0.717, 1.165) is 0 Å². The Morgan fingerprint density at radius 1 is 1.22 bits per heavy atom. The number of carboxylic acids is 1. The fraction of sp³-hybridized carbons (Fsp3) is 0.182. The molecule has 1 rings (SSSR count). The minimum absolute atomic E-state index is 0.0901. The van der Waals surface area contributed by atoms with Crippen molar-refractivity contribution in [3.05, 3.63) is 44.9 Å². The van der Waals surface area contributed by atoms with Gasteiger partial charge in [-0.3, -0.25) is 0 Å². The molecule has 2 nitrogen and oxygen atoms in total. The average molecular weight is 348 g/mol. The molecule has 0 saturated heterocycles. The Morgan fingerprint density at radius 3 is 2.28 bits per heavy atom. The predicted octanol–water partition coefficient (Wildman–Crippen LogP) is 5.31. The van der Waals surface area contributed by atoms with Crippen molar-refractivity contribution in [1.29, 1.82) is 0 Å². The van der Waals surface area contributed by atoms with Crippen molar-refractivity contribution < 1.29 is 9.90 Å². The maximum absolute atomic E-state index is 10.7. The number of carbonyl (C=O) groups is 1. The molecule has 0 unspecified atom stereocenters. The van der Waals surface area contributed by atoms with Crippen molar-refractivity contribution in [1.82, 2.24) is 0 Å². The number of hydrogen-bond donors (Lipinski definition) is 1. The maximum Gasteiger partial charge on any atom is 0.331 e. The van der Waals surface area contributed by atoms with E-state index in [9.17, 15) is 4.79 Å². The number of benzene rings is 1. The van der Waals surface area contributed by atoms with Gasteiger partial charge < -0.3 is 5.11 Å². The number of carboxylic acid groups (broad SMARTS) is 1. The summed E-state index contributed by atoms with van der Waals surface area (Å²) in [5.41, 5.74) is 0.145. The highest BCUT2D eigenvalue weighted by Crippen LogP contribution is 2.46. The summed E-state index contributed by atoms with van der Waals surface area (Å²) in [6, 6.07) is 2.97. The van der Waals surface area contributed by atoms with E-state index < -0.39 is 10.3 Å². The molecule has 0 aromatic heterocycles. The second kappa shape index (κ2) is 5.89. The second-order valence-electron chi connectivity index (χ2n) is 3.51. The van der Waals surface area contributed by atoms with Gasteiger partial charge in [0, 0.05) is 17.6 Å². The summed E-state index contributed by atoms with van der Waals surface area (Å²) in [4.78, 5) is 10.7. The van der Waals surface area contributed by atoms with E-state index in [0.29, 0.717) is 0 Å². The lowest BCUT2D eigenvalue weighted by atomic mass is 10.0. The first-order chi connectivity index (χ1) is 8.16. The Hall–Kier alpha value is -0.120. The van der Waals surface area contributed by atoms with E-state index in [-0.39, 0.29) is 32.6 Å². The molecule has 0 radical (unpaired) electrons. The molecule has 1 aromatic carbocycles. The first-order valence-corrected chi connectivity index (χ1v) is 6.48. The molecule has 7 heteroatoms. The summed E-state index contributed by atoms with van der Waals surface area (Å²) in [5.74, 6) is -1.18. The van der Waals surface area contributed by atoms with Gasteiger partial charge in [0.1, 0.15) is 4.33 Å². The van der Waals surface area contributed by atoms with E-state index in [1.807, 2.05) is 0 Å². The largest absolute Gasteiger partial charge is 0.478 e. The first-order valence-electron chi connectivity index (χ1n) is 4.59. The maximum atomic E-state index is 10.7. The third kappa shape index (κ3) is 3.46. The van der Waals surface area contributed by atoms with Crippen molar-refractivity contribution in [3.63, 3.8) is 0 Å². The molecule has 18 heavy (non-hydrogen) atoms. The van der Waals surface area contributed by atoms with E-state index in [1.54, 1.807) is 0 Å². The molecule has 0 aliphatic heterocycles. The average Bonchev–Trinajstić information content (AvgIpc) is 2.24. The fourth-order valence-electron chi connectivity index (χ4n) is 1.25. The summed E-state index contributed by atoms with van der Waals surface area (Å²) >= 11 is 29.8. The Kier molecular flexibility index (Phi) is 5.22. The van der Waals surface area contributed by atoms with Gasteiger partial charge >= 0.3 is 5.97 Å². The van der Waals surface area contributed by atoms with Gasteiger partial charge in [0.05, 0.1) is 15.1 Å². The van der Waals surface area contributed by atoms with E-state index in [2.05, 4.69) is 6.58 Å². The summed E-state index contributed by atoms with van der Waals surface area (Å²) in [7, 11) is 0. The van der Waals surface area contributed by atoms with E-state index >= 15 is 0 Å². The molecule has 0 bridgehead atoms. The van der Waals surface area contributed by atoms with Gasteiger partial charge in [0.15, 0.2) is 0 Å². The van der Waals surface area contributed by atoms with Crippen LogP contribution in [0.5, 0.6) is 0 Å². The topological polar surface area (TPSA) is 37.3 Å². The van der Waals surface area contributed by atoms with Crippen LogP contribution in [0.2, 0.25) is 15.1 Å². The molecule has 0 fully saturated rings. The lowest BCUT2D eigenvalue weighted by Gasteiger charge is -2.22. The van der Waals surface area contributed by atoms with Gasteiger partial charge in [-0.1, -0.05) is 70.7 Å². The number of alkyl halides is 2. The standard InChI is InChI=1S/C11H7Cl5O2/c1-5(10(17)18)4-11(15,16)6-2-3-7(12)9(14)8(6)13/h2-3H,1,4H2,(H,17,18). The van der Waals surface area contributed by atoms with Gasteiger partial charge in [0.25, 0.3) is 0 Å². The molecule has 0 aliphatic carbocycles. The number of hydrogen-bond acceptors (Lipinski definition) is 1. The number of aliphatic carboxylic acids is 1. The summed E-state index contributed by atoms with van der Waals surface area (Å²) in [6.07, 6.45) is -0.191. The van der Waals surface area contributed by atoms with Crippen LogP contribution in [0, 0.1) is 0 Å². The van der Waals surface area contributed by atoms with Crippen molar-refractivity contribution in [2.75, 3.05) is 0 Å². The molecule has 0 aliphatic rings. The first kappa shape index (κ1) is 15.9. The third-order valence-electron chi connectivity index (χ3n) is 2.17. The minimum atomic E-state index is -1.54. The van der Waals surface area contributed by atoms with Gasteiger partial charge in [-0.15, -0.1) is 0 Å². The molecule has 0 spiro atoms. The highest BCUT2D eigenvalue weighted by Gasteiger charge is 2.32. The number of halogens is 5. The summed E-state index contributed by atoms with van der Waals surface area (Å²) < 4.78 is -1.54. The third-order valence-corrected chi connectivity index (χ3v) is 4.14. The van der Waals surface area contributed by atoms with Crippen molar-refractivity contribution in [3.8, 4) is 0 Å². The quantitative estimate of drug-likeness (QED) is 0.455. The van der Waals surface area contributed by atoms with Gasteiger partial charge in [0.2, 0.25) is 0 Å². The minimum Gasteiger partial charge on any atom is -0.478 e. The van der Waals surface area contributed by atoms with Crippen LogP contribution in [0.25, 0.3) is 0 Å². The molecular weight excluding hydrogens is 341 g/mol. The molecular formula is C11H7Cl5O2.